The van der Waals surface area contributed by atoms with Gasteiger partial charge in [-0.2, -0.15) is 5.10 Å². The molecule has 1 aromatic heterocycles. The Labute approximate surface area is 186 Å². The van der Waals surface area contributed by atoms with Gasteiger partial charge < -0.3 is 9.64 Å². The predicted molar refractivity (Wildman–Crippen MR) is 121 cm³/mol. The number of hydrogen-bond donors (Lipinski definition) is 0. The summed E-state index contributed by atoms with van der Waals surface area (Å²) < 4.78 is 6.60. The third-order valence-corrected chi connectivity index (χ3v) is 5.14. The average Bonchev–Trinajstić information content (AvgIpc) is 3.06. The zero-order valence-electron chi connectivity index (χ0n) is 17.7. The lowest BCUT2D eigenvalue weighted by Gasteiger charge is -2.20. The minimum absolute atomic E-state index is 0.149. The number of methoxy groups -OCH3 is 1. The zero-order valence-corrected chi connectivity index (χ0v) is 18.5. The first-order chi connectivity index (χ1) is 14.9. The van der Waals surface area contributed by atoms with Gasteiger partial charge >= 0.3 is 5.97 Å². The van der Waals surface area contributed by atoms with Crippen molar-refractivity contribution in [2.75, 3.05) is 13.7 Å². The Balaban J connectivity index is 1.83. The molecule has 0 aliphatic heterocycles. The number of amides is 1. The van der Waals surface area contributed by atoms with Gasteiger partial charge in [0.2, 0.25) is 5.91 Å². The SMILES string of the molecule is COC(=O)CN(Cc1ccc(Cl)cc1)C(=O)/C=C/c1c(C)nn(-c2ccccc2)c1C. The zero-order chi connectivity index (χ0) is 22.4. The van der Waals surface area contributed by atoms with Crippen molar-refractivity contribution in [1.29, 1.82) is 0 Å². The van der Waals surface area contributed by atoms with E-state index in [-0.39, 0.29) is 19.0 Å². The molecule has 1 heterocycles. The maximum Gasteiger partial charge on any atom is 0.325 e. The minimum Gasteiger partial charge on any atom is -0.468 e. The Bertz CT molecular complexity index is 1090. The highest BCUT2D eigenvalue weighted by molar-refractivity contribution is 6.30. The molecule has 0 spiro atoms. The van der Waals surface area contributed by atoms with Crippen LogP contribution in [0, 0.1) is 13.8 Å². The third kappa shape index (κ3) is 5.61. The van der Waals surface area contributed by atoms with Gasteiger partial charge in [-0.3, -0.25) is 9.59 Å². The van der Waals surface area contributed by atoms with Crippen molar-refractivity contribution in [3.05, 3.63) is 88.2 Å². The quantitative estimate of drug-likeness (QED) is 0.407. The Kier molecular flexibility index (Phi) is 7.26. The molecule has 0 radical (unpaired) electrons. The molecule has 0 atom stereocenters. The molecule has 6 nitrogen and oxygen atoms in total. The van der Waals surface area contributed by atoms with Crippen LogP contribution in [-0.2, 0) is 20.9 Å². The van der Waals surface area contributed by atoms with E-state index in [4.69, 9.17) is 16.3 Å². The Hall–Kier alpha value is -3.38. The number of benzene rings is 2. The lowest BCUT2D eigenvalue weighted by molar-refractivity contribution is -0.145. The van der Waals surface area contributed by atoms with Crippen molar-refractivity contribution in [3.8, 4) is 5.69 Å². The highest BCUT2D eigenvalue weighted by atomic mass is 35.5. The first kappa shape index (κ1) is 22.3. The molecule has 0 fully saturated rings. The number of carbonyl (C=O) groups is 2. The Morgan fingerprint density at radius 2 is 1.77 bits per heavy atom. The van der Waals surface area contributed by atoms with Crippen molar-refractivity contribution in [1.82, 2.24) is 14.7 Å². The largest absolute Gasteiger partial charge is 0.468 e. The van der Waals surface area contributed by atoms with Gasteiger partial charge in [0.05, 0.1) is 18.5 Å². The highest BCUT2D eigenvalue weighted by Crippen LogP contribution is 2.19. The fourth-order valence-electron chi connectivity index (χ4n) is 3.22. The van der Waals surface area contributed by atoms with Crippen LogP contribution in [-0.4, -0.2) is 40.2 Å². The molecule has 31 heavy (non-hydrogen) atoms. The van der Waals surface area contributed by atoms with Gasteiger partial charge in [-0.15, -0.1) is 0 Å². The lowest BCUT2D eigenvalue weighted by atomic mass is 10.1. The topological polar surface area (TPSA) is 64.4 Å². The fourth-order valence-corrected chi connectivity index (χ4v) is 3.34. The summed E-state index contributed by atoms with van der Waals surface area (Å²) in [5, 5.41) is 5.20. The Morgan fingerprint density at radius 3 is 2.42 bits per heavy atom. The number of rotatable bonds is 7. The van der Waals surface area contributed by atoms with E-state index in [0.29, 0.717) is 5.02 Å². The van der Waals surface area contributed by atoms with Gasteiger partial charge in [-0.25, -0.2) is 4.68 Å². The van der Waals surface area contributed by atoms with Crippen LogP contribution in [0.15, 0.2) is 60.7 Å². The average molecular weight is 438 g/mol. The molecule has 3 rings (SSSR count). The van der Waals surface area contributed by atoms with Gasteiger partial charge in [-0.1, -0.05) is 41.9 Å². The van der Waals surface area contributed by atoms with Crippen LogP contribution in [0.4, 0.5) is 0 Å². The van der Waals surface area contributed by atoms with E-state index in [0.717, 1.165) is 28.2 Å². The summed E-state index contributed by atoms with van der Waals surface area (Å²) >= 11 is 5.94. The second-order valence-electron chi connectivity index (χ2n) is 7.06. The van der Waals surface area contributed by atoms with E-state index >= 15 is 0 Å². The van der Waals surface area contributed by atoms with Crippen LogP contribution in [0.2, 0.25) is 5.02 Å². The Morgan fingerprint density at radius 1 is 1.10 bits per heavy atom. The fraction of sp³-hybridized carbons (Fsp3) is 0.208. The monoisotopic (exact) mass is 437 g/mol. The van der Waals surface area contributed by atoms with Crippen molar-refractivity contribution in [2.24, 2.45) is 0 Å². The van der Waals surface area contributed by atoms with E-state index in [1.807, 2.05) is 61.0 Å². The van der Waals surface area contributed by atoms with E-state index in [1.165, 1.54) is 18.1 Å². The van der Waals surface area contributed by atoms with Crippen molar-refractivity contribution < 1.29 is 14.3 Å². The summed E-state index contributed by atoms with van der Waals surface area (Å²) in [4.78, 5) is 26.2. The molecule has 2 aromatic carbocycles. The minimum atomic E-state index is -0.486. The molecule has 0 aliphatic carbocycles. The number of aromatic nitrogens is 2. The summed E-state index contributed by atoms with van der Waals surface area (Å²) in [6.45, 7) is 3.97. The molecule has 3 aromatic rings. The second-order valence-corrected chi connectivity index (χ2v) is 7.50. The van der Waals surface area contributed by atoms with Gasteiger partial charge in [-0.05, 0) is 49.8 Å². The van der Waals surface area contributed by atoms with Gasteiger partial charge in [0.15, 0.2) is 0 Å². The molecule has 0 N–H and O–H groups in total. The van der Waals surface area contributed by atoms with Crippen LogP contribution in [0.25, 0.3) is 11.8 Å². The molecular weight excluding hydrogens is 414 g/mol. The number of halogens is 1. The maximum absolute atomic E-state index is 12.9. The van der Waals surface area contributed by atoms with Crippen molar-refractivity contribution in [2.45, 2.75) is 20.4 Å². The summed E-state index contributed by atoms with van der Waals surface area (Å²) in [7, 11) is 1.30. The van der Waals surface area contributed by atoms with Crippen molar-refractivity contribution >= 4 is 29.6 Å². The van der Waals surface area contributed by atoms with Gasteiger partial charge in [0.25, 0.3) is 0 Å². The standard InChI is InChI=1S/C24H24ClN3O3/c1-17-22(18(2)28(26-17)21-7-5-4-6-8-21)13-14-23(29)27(16-24(30)31-3)15-19-9-11-20(25)12-10-19/h4-14H,15-16H2,1-3H3/b14-13+. The first-order valence-corrected chi connectivity index (χ1v) is 10.2. The number of nitrogens with zero attached hydrogens (tertiary/aromatic N) is 3. The molecule has 7 heteroatoms. The van der Waals surface area contributed by atoms with Gasteiger partial charge in [0.1, 0.15) is 6.54 Å². The van der Waals surface area contributed by atoms with Gasteiger partial charge in [0, 0.05) is 28.9 Å². The lowest BCUT2D eigenvalue weighted by Crippen LogP contribution is -2.34. The summed E-state index contributed by atoms with van der Waals surface area (Å²) in [6, 6.07) is 16.9. The van der Waals surface area contributed by atoms with E-state index in [2.05, 4.69) is 5.10 Å². The molecular formula is C24H24ClN3O3. The predicted octanol–water partition coefficient (Wildman–Crippen LogP) is 4.36. The van der Waals surface area contributed by atoms with Crippen LogP contribution >= 0.6 is 11.6 Å². The summed E-state index contributed by atoms with van der Waals surface area (Å²) in [6.07, 6.45) is 3.21. The number of para-hydroxylation sites is 1. The molecule has 1 amide bonds. The normalized spacial score (nSPS) is 11.0. The van der Waals surface area contributed by atoms with Crippen molar-refractivity contribution in [3.63, 3.8) is 0 Å². The highest BCUT2D eigenvalue weighted by Gasteiger charge is 2.17. The van der Waals surface area contributed by atoms with Crippen LogP contribution < -0.4 is 0 Å². The summed E-state index contributed by atoms with van der Waals surface area (Å²) in [5.74, 6) is -0.786. The number of esters is 1. The molecule has 0 aliphatic rings. The number of carbonyl (C=O) groups excluding carboxylic acids is 2. The molecule has 0 unspecified atom stereocenters. The van der Waals surface area contributed by atoms with Crippen LogP contribution in [0.5, 0.6) is 0 Å². The molecule has 0 saturated heterocycles. The first-order valence-electron chi connectivity index (χ1n) is 9.79. The maximum atomic E-state index is 12.9. The number of aryl methyl sites for hydroxylation is 1. The van der Waals surface area contributed by atoms with E-state index in [1.54, 1.807) is 18.2 Å². The molecule has 0 saturated carbocycles. The third-order valence-electron chi connectivity index (χ3n) is 4.89. The number of hydrogen-bond acceptors (Lipinski definition) is 4. The van der Waals surface area contributed by atoms with Crippen LogP contribution in [0.3, 0.4) is 0 Å². The van der Waals surface area contributed by atoms with E-state index < -0.39 is 5.97 Å². The number of ether oxygens (including phenoxy) is 1. The smallest absolute Gasteiger partial charge is 0.325 e. The summed E-state index contributed by atoms with van der Waals surface area (Å²) in [5.41, 5.74) is 4.40. The second kappa shape index (κ2) is 10.1. The molecule has 0 bridgehead atoms. The van der Waals surface area contributed by atoms with Crippen LogP contribution in [0.1, 0.15) is 22.5 Å². The molecule has 160 valence electrons. The van der Waals surface area contributed by atoms with E-state index in [9.17, 15) is 9.59 Å².